The molecule has 1 unspecified atom stereocenters. The number of guanidine groups is 1. The third-order valence-electron chi connectivity index (χ3n) is 5.24. The van der Waals surface area contributed by atoms with Gasteiger partial charge >= 0.3 is 16.4 Å². The molecule has 14 heteroatoms. The molecule has 0 aliphatic carbocycles. The van der Waals surface area contributed by atoms with E-state index in [1.807, 2.05) is 0 Å². The van der Waals surface area contributed by atoms with Gasteiger partial charge in [-0.25, -0.2) is 9.86 Å². The first-order chi connectivity index (χ1) is 13.1. The van der Waals surface area contributed by atoms with Crippen molar-refractivity contribution in [2.75, 3.05) is 26.7 Å². The Morgan fingerprint density at radius 2 is 2.11 bits per heavy atom. The highest BCUT2D eigenvalue weighted by Gasteiger charge is 2.50. The zero-order chi connectivity index (χ0) is 20.6. The van der Waals surface area contributed by atoms with Crippen LogP contribution in [0.2, 0.25) is 0 Å². The molecule has 0 spiro atoms. The van der Waals surface area contributed by atoms with Crippen LogP contribution in [0.25, 0.3) is 0 Å². The standard InChI is InChI=1S/C14H24N6O7S/c1-17(26-8-10-3-2-6-18(10)13(15)16)12(21)11-5-4-9-7-19(11)14(22)20(9)27-28(23,24)25/h9-11H,2-8H2,1H3,(H3,15,16)(H,23,24,25)/t9-,10?,11-/m0/s1. The molecule has 0 aromatic carbocycles. The average molecular weight is 420 g/mol. The zero-order valence-corrected chi connectivity index (χ0v) is 16.2. The Morgan fingerprint density at radius 3 is 2.75 bits per heavy atom. The number of nitrogens with two attached hydrogens (primary N) is 1. The SMILES string of the molecule is CN(OCC1CCCN1C(=N)N)C(=O)[C@@H]1CC[C@H]2CN1C(=O)N2OS(=O)(=O)O. The number of urea groups is 1. The second-order valence-corrected chi connectivity index (χ2v) is 8.02. The van der Waals surface area contributed by atoms with Gasteiger partial charge in [-0.1, -0.05) is 0 Å². The first-order valence-corrected chi connectivity index (χ1v) is 10.2. The van der Waals surface area contributed by atoms with E-state index in [9.17, 15) is 18.0 Å². The van der Waals surface area contributed by atoms with Gasteiger partial charge in [0, 0.05) is 20.1 Å². The predicted octanol–water partition coefficient (Wildman–Crippen LogP) is -1.26. The topological polar surface area (TPSA) is 170 Å². The quantitative estimate of drug-likeness (QED) is 0.205. The fourth-order valence-corrected chi connectivity index (χ4v) is 4.27. The number of likely N-dealkylation sites (N-methyl/N-ethyl adjacent to an activating group) is 1. The van der Waals surface area contributed by atoms with Crippen molar-refractivity contribution in [3.63, 3.8) is 0 Å². The maximum absolute atomic E-state index is 12.7. The summed E-state index contributed by atoms with van der Waals surface area (Å²) in [4.78, 5) is 33.6. The Hall–Kier alpha value is -2.16. The van der Waals surface area contributed by atoms with Crippen molar-refractivity contribution < 1.29 is 31.7 Å². The molecule has 3 saturated heterocycles. The number of fused-ring (bicyclic) bond motifs is 2. The lowest BCUT2D eigenvalue weighted by atomic mass is 10.0. The second kappa shape index (κ2) is 7.69. The van der Waals surface area contributed by atoms with E-state index in [4.69, 9.17) is 20.5 Å². The molecule has 2 bridgehead atoms. The van der Waals surface area contributed by atoms with Crippen molar-refractivity contribution >= 4 is 28.3 Å². The molecular weight excluding hydrogens is 396 g/mol. The third kappa shape index (κ3) is 4.14. The minimum Gasteiger partial charge on any atom is -0.370 e. The van der Waals surface area contributed by atoms with Crippen LogP contribution in [0.3, 0.4) is 0 Å². The van der Waals surface area contributed by atoms with Crippen molar-refractivity contribution in [3.8, 4) is 0 Å². The van der Waals surface area contributed by atoms with Gasteiger partial charge in [-0.2, -0.15) is 13.5 Å². The van der Waals surface area contributed by atoms with Crippen molar-refractivity contribution in [1.29, 1.82) is 5.41 Å². The lowest BCUT2D eigenvalue weighted by Crippen LogP contribution is -2.51. The molecule has 3 heterocycles. The number of hydrogen-bond donors (Lipinski definition) is 3. The van der Waals surface area contributed by atoms with Crippen LogP contribution in [-0.4, -0.2) is 95.7 Å². The van der Waals surface area contributed by atoms with E-state index in [-0.39, 0.29) is 25.2 Å². The van der Waals surface area contributed by atoms with Gasteiger partial charge in [-0.3, -0.25) is 19.6 Å². The number of amides is 3. The van der Waals surface area contributed by atoms with Gasteiger partial charge in [0.2, 0.25) is 0 Å². The monoisotopic (exact) mass is 420 g/mol. The highest BCUT2D eigenvalue weighted by atomic mass is 32.3. The first-order valence-electron chi connectivity index (χ1n) is 8.86. The Morgan fingerprint density at radius 1 is 1.39 bits per heavy atom. The first kappa shape index (κ1) is 20.6. The van der Waals surface area contributed by atoms with E-state index in [0.29, 0.717) is 24.4 Å². The summed E-state index contributed by atoms with van der Waals surface area (Å²) in [6, 6.07) is -2.29. The van der Waals surface area contributed by atoms with E-state index in [1.165, 1.54) is 11.9 Å². The van der Waals surface area contributed by atoms with Gasteiger partial charge in [0.15, 0.2) is 5.96 Å². The van der Waals surface area contributed by atoms with E-state index in [2.05, 4.69) is 4.28 Å². The van der Waals surface area contributed by atoms with Crippen LogP contribution in [0, 0.1) is 5.41 Å². The number of hydroxylamine groups is 4. The summed E-state index contributed by atoms with van der Waals surface area (Å²) in [6.07, 6.45) is 2.31. The molecule has 3 rings (SSSR count). The normalized spacial score (nSPS) is 27.4. The van der Waals surface area contributed by atoms with E-state index in [1.54, 1.807) is 4.90 Å². The van der Waals surface area contributed by atoms with Crippen molar-refractivity contribution in [2.45, 2.75) is 43.8 Å². The fourth-order valence-electron chi connectivity index (χ4n) is 3.89. The molecule has 3 atom stereocenters. The molecule has 0 aromatic rings. The maximum Gasteiger partial charge on any atom is 0.418 e. The number of likely N-dealkylation sites (tertiary alicyclic amines) is 1. The summed E-state index contributed by atoms with van der Waals surface area (Å²) >= 11 is 0. The molecular formula is C14H24N6O7S. The van der Waals surface area contributed by atoms with Gasteiger partial charge < -0.3 is 15.5 Å². The summed E-state index contributed by atoms with van der Waals surface area (Å²) < 4.78 is 35.0. The summed E-state index contributed by atoms with van der Waals surface area (Å²) in [5.74, 6) is -0.493. The molecule has 3 amide bonds. The van der Waals surface area contributed by atoms with Crippen molar-refractivity contribution in [2.24, 2.45) is 5.73 Å². The summed E-state index contributed by atoms with van der Waals surface area (Å²) in [6.45, 7) is 0.944. The molecule has 3 aliphatic rings. The number of nitrogens with one attached hydrogen (secondary N) is 1. The number of hydrogen-bond acceptors (Lipinski definition) is 7. The fraction of sp³-hybridized carbons (Fsp3) is 0.786. The number of rotatable bonds is 6. The van der Waals surface area contributed by atoms with Gasteiger partial charge in [-0.05, 0) is 25.7 Å². The van der Waals surface area contributed by atoms with Crippen molar-refractivity contribution in [1.82, 2.24) is 19.9 Å². The summed E-state index contributed by atoms with van der Waals surface area (Å²) in [5, 5.41) is 9.21. The second-order valence-electron chi connectivity index (χ2n) is 7.02. The number of carbonyl (C=O) groups is 2. The van der Waals surface area contributed by atoms with Gasteiger partial charge in [-0.15, -0.1) is 4.28 Å². The Bertz CT molecular complexity index is 761. The molecule has 158 valence electrons. The van der Waals surface area contributed by atoms with E-state index in [0.717, 1.165) is 17.9 Å². The van der Waals surface area contributed by atoms with Gasteiger partial charge in [0.05, 0.1) is 18.7 Å². The van der Waals surface area contributed by atoms with Gasteiger partial charge in [0.25, 0.3) is 5.91 Å². The van der Waals surface area contributed by atoms with Crippen LogP contribution < -0.4 is 5.73 Å². The van der Waals surface area contributed by atoms with E-state index >= 15 is 0 Å². The van der Waals surface area contributed by atoms with Crippen LogP contribution in [-0.2, 0) is 24.3 Å². The average Bonchev–Trinajstić information content (AvgIpc) is 3.18. The molecule has 4 N–H and O–H groups in total. The minimum atomic E-state index is -4.84. The van der Waals surface area contributed by atoms with Crippen LogP contribution in [0.15, 0.2) is 0 Å². The third-order valence-corrected chi connectivity index (χ3v) is 5.59. The lowest BCUT2D eigenvalue weighted by molar-refractivity contribution is -0.186. The molecule has 3 fully saturated rings. The number of piperidine rings is 1. The Labute approximate surface area is 162 Å². The maximum atomic E-state index is 12.7. The highest BCUT2D eigenvalue weighted by molar-refractivity contribution is 7.80. The molecule has 0 saturated carbocycles. The molecule has 13 nitrogen and oxygen atoms in total. The van der Waals surface area contributed by atoms with Crippen LogP contribution in [0.1, 0.15) is 25.7 Å². The minimum absolute atomic E-state index is 0.0417. The predicted molar refractivity (Wildman–Crippen MR) is 93.7 cm³/mol. The van der Waals surface area contributed by atoms with Crippen LogP contribution >= 0.6 is 0 Å². The Balaban J connectivity index is 1.59. The van der Waals surface area contributed by atoms with Crippen LogP contribution in [0.5, 0.6) is 0 Å². The molecule has 0 aromatic heterocycles. The Kier molecular flexibility index (Phi) is 5.65. The molecule has 28 heavy (non-hydrogen) atoms. The zero-order valence-electron chi connectivity index (χ0n) is 15.4. The van der Waals surface area contributed by atoms with E-state index < -0.39 is 34.4 Å². The van der Waals surface area contributed by atoms with Crippen molar-refractivity contribution in [3.05, 3.63) is 0 Å². The number of carbonyl (C=O) groups excluding carboxylic acids is 2. The van der Waals surface area contributed by atoms with Gasteiger partial charge in [0.1, 0.15) is 6.04 Å². The molecule has 3 aliphatic heterocycles. The smallest absolute Gasteiger partial charge is 0.370 e. The molecule has 0 radical (unpaired) electrons. The summed E-state index contributed by atoms with van der Waals surface area (Å²) in [5.41, 5.74) is 5.54. The lowest BCUT2D eigenvalue weighted by Gasteiger charge is -2.32. The van der Waals surface area contributed by atoms with Crippen LogP contribution in [0.4, 0.5) is 4.79 Å². The largest absolute Gasteiger partial charge is 0.418 e. The summed E-state index contributed by atoms with van der Waals surface area (Å²) in [7, 11) is -3.40. The highest BCUT2D eigenvalue weighted by Crippen LogP contribution is 2.31. The number of nitrogens with zero attached hydrogens (tertiary/aromatic N) is 4.